The summed E-state index contributed by atoms with van der Waals surface area (Å²) < 4.78 is 4.86. The molecule has 1 aromatic heterocycles. The van der Waals surface area contributed by atoms with Gasteiger partial charge in [0, 0.05) is 32.7 Å². The van der Waals surface area contributed by atoms with E-state index < -0.39 is 0 Å². The minimum atomic E-state index is 0. The van der Waals surface area contributed by atoms with Gasteiger partial charge in [0.05, 0.1) is 7.11 Å². The Morgan fingerprint density at radius 1 is 1.42 bits per heavy atom. The van der Waals surface area contributed by atoms with E-state index in [0.717, 1.165) is 5.56 Å². The molecule has 1 rings (SSSR count). The number of hydrogen-bond donors (Lipinski definition) is 0. The van der Waals surface area contributed by atoms with Crippen LogP contribution >= 0.6 is 0 Å². The average Bonchev–Trinajstić information content (AvgIpc) is 2.08. The van der Waals surface area contributed by atoms with Gasteiger partial charge in [-0.1, -0.05) is 27.0 Å². The van der Waals surface area contributed by atoms with E-state index in [0.29, 0.717) is 5.88 Å². The SMILES string of the molecule is CC.COc1cc(C)[c-]cn1.[Y]. The zero-order valence-corrected chi connectivity index (χ0v) is 10.9. The Balaban J connectivity index is 0. The van der Waals surface area contributed by atoms with E-state index in [9.17, 15) is 0 Å². The molecule has 0 atom stereocenters. The van der Waals surface area contributed by atoms with Crippen molar-refractivity contribution < 1.29 is 37.4 Å². The summed E-state index contributed by atoms with van der Waals surface area (Å²) in [6.07, 6.45) is 1.61. The van der Waals surface area contributed by atoms with Crippen LogP contribution in [0.3, 0.4) is 0 Å². The van der Waals surface area contributed by atoms with Gasteiger partial charge in [-0.2, -0.15) is 0 Å². The van der Waals surface area contributed by atoms with Crippen LogP contribution in [0.4, 0.5) is 0 Å². The summed E-state index contributed by atoms with van der Waals surface area (Å²) in [6, 6.07) is 4.75. The zero-order valence-electron chi connectivity index (χ0n) is 8.09. The Morgan fingerprint density at radius 3 is 2.33 bits per heavy atom. The first-order valence-electron chi connectivity index (χ1n) is 3.71. The Kier molecular flexibility index (Phi) is 11.1. The molecule has 0 aliphatic heterocycles. The number of aromatic nitrogens is 1. The molecule has 2 nitrogen and oxygen atoms in total. The van der Waals surface area contributed by atoms with Crippen LogP contribution < -0.4 is 4.74 Å². The van der Waals surface area contributed by atoms with Gasteiger partial charge in [-0.05, 0) is 0 Å². The van der Waals surface area contributed by atoms with Crippen molar-refractivity contribution in [3.63, 3.8) is 0 Å². The van der Waals surface area contributed by atoms with Crippen molar-refractivity contribution in [1.29, 1.82) is 0 Å². The van der Waals surface area contributed by atoms with Gasteiger partial charge in [-0.25, -0.2) is 11.6 Å². The van der Waals surface area contributed by atoms with E-state index in [1.165, 1.54) is 0 Å². The van der Waals surface area contributed by atoms with Gasteiger partial charge in [0.2, 0.25) is 0 Å². The molecule has 0 aliphatic rings. The van der Waals surface area contributed by atoms with Gasteiger partial charge < -0.3 is 4.74 Å². The first-order valence-corrected chi connectivity index (χ1v) is 3.71. The minimum absolute atomic E-state index is 0. The molecule has 0 aromatic carbocycles. The molecule has 1 heterocycles. The monoisotopic (exact) mass is 241 g/mol. The van der Waals surface area contributed by atoms with Crippen LogP contribution in [0, 0.1) is 13.0 Å². The molecule has 0 aliphatic carbocycles. The van der Waals surface area contributed by atoms with Crippen molar-refractivity contribution in [3.8, 4) is 5.88 Å². The van der Waals surface area contributed by atoms with Crippen molar-refractivity contribution >= 4 is 0 Å². The van der Waals surface area contributed by atoms with Crippen molar-refractivity contribution in [2.24, 2.45) is 0 Å². The number of ether oxygens (including phenoxy) is 1. The van der Waals surface area contributed by atoms with Gasteiger partial charge in [-0.3, -0.25) is 4.98 Å². The van der Waals surface area contributed by atoms with Crippen LogP contribution in [-0.2, 0) is 32.7 Å². The topological polar surface area (TPSA) is 22.1 Å². The summed E-state index contributed by atoms with van der Waals surface area (Å²) in [7, 11) is 1.60. The Bertz CT molecular complexity index is 203. The summed E-state index contributed by atoms with van der Waals surface area (Å²) in [5, 5.41) is 0. The van der Waals surface area contributed by atoms with Crippen LogP contribution in [0.2, 0.25) is 0 Å². The second-order valence-electron chi connectivity index (χ2n) is 1.77. The summed E-state index contributed by atoms with van der Waals surface area (Å²) in [4.78, 5) is 3.88. The molecule has 0 N–H and O–H groups in total. The first kappa shape index (κ1) is 14.6. The molecule has 12 heavy (non-hydrogen) atoms. The molecule has 3 heteroatoms. The number of rotatable bonds is 1. The Labute approximate surface area is 99.6 Å². The third kappa shape index (κ3) is 5.67. The average molecular weight is 241 g/mol. The zero-order chi connectivity index (χ0) is 8.69. The van der Waals surface area contributed by atoms with Gasteiger partial charge in [0.25, 0.3) is 0 Å². The Morgan fingerprint density at radius 2 is 2.00 bits per heavy atom. The fourth-order valence-corrected chi connectivity index (χ4v) is 0.573. The third-order valence-electron chi connectivity index (χ3n) is 1.03. The minimum Gasteiger partial charge on any atom is -0.497 e. The number of methoxy groups -OCH3 is 1. The van der Waals surface area contributed by atoms with Gasteiger partial charge in [0.15, 0.2) is 0 Å². The van der Waals surface area contributed by atoms with Gasteiger partial charge >= 0.3 is 0 Å². The molecule has 1 radical (unpaired) electrons. The van der Waals surface area contributed by atoms with Crippen molar-refractivity contribution in [3.05, 3.63) is 23.9 Å². The van der Waals surface area contributed by atoms with Crippen LogP contribution in [0.1, 0.15) is 19.4 Å². The fourth-order valence-electron chi connectivity index (χ4n) is 0.573. The normalized spacial score (nSPS) is 7.33. The van der Waals surface area contributed by atoms with E-state index in [4.69, 9.17) is 4.74 Å². The molecular weight excluding hydrogens is 227 g/mol. The number of hydrogen-bond acceptors (Lipinski definition) is 2. The van der Waals surface area contributed by atoms with Crippen molar-refractivity contribution in [2.45, 2.75) is 20.8 Å². The molecule has 1 aromatic rings. The molecular formula is C9H14NOY-. The van der Waals surface area contributed by atoms with Gasteiger partial charge in [0.1, 0.15) is 5.88 Å². The molecule has 0 amide bonds. The first-order chi connectivity index (χ1) is 5.33. The van der Waals surface area contributed by atoms with Crippen LogP contribution in [0.5, 0.6) is 5.88 Å². The quantitative estimate of drug-likeness (QED) is 0.703. The molecule has 0 unspecified atom stereocenters. The summed E-state index contributed by atoms with van der Waals surface area (Å²) in [5.41, 5.74) is 1.04. The summed E-state index contributed by atoms with van der Waals surface area (Å²) >= 11 is 0. The van der Waals surface area contributed by atoms with E-state index in [2.05, 4.69) is 11.1 Å². The molecule has 0 fully saturated rings. The predicted molar refractivity (Wildman–Crippen MR) is 45.7 cm³/mol. The van der Waals surface area contributed by atoms with E-state index in [1.54, 1.807) is 13.3 Å². The van der Waals surface area contributed by atoms with Crippen molar-refractivity contribution in [2.75, 3.05) is 7.11 Å². The van der Waals surface area contributed by atoms with E-state index >= 15 is 0 Å². The molecule has 0 bridgehead atoms. The van der Waals surface area contributed by atoms with Gasteiger partial charge in [-0.15, -0.1) is 6.07 Å². The fraction of sp³-hybridized carbons (Fsp3) is 0.444. The second kappa shape index (κ2) is 9.14. The second-order valence-corrected chi connectivity index (χ2v) is 1.77. The van der Waals surface area contributed by atoms with Crippen molar-refractivity contribution in [1.82, 2.24) is 4.98 Å². The van der Waals surface area contributed by atoms with E-state index in [-0.39, 0.29) is 32.7 Å². The standard InChI is InChI=1S/C7H8NO.C2H6.Y/c1-6-3-4-8-7(5-6)9-2;1-2;/h4-5H,1-2H3;1-2H3;/q-1;;. The number of pyridine rings is 1. The third-order valence-corrected chi connectivity index (χ3v) is 1.03. The summed E-state index contributed by atoms with van der Waals surface area (Å²) in [6.45, 7) is 5.95. The maximum Gasteiger partial charge on any atom is 0.126 e. The Hall–Kier alpha value is 0.0539. The maximum absolute atomic E-state index is 4.86. The maximum atomic E-state index is 4.86. The molecule has 0 spiro atoms. The summed E-state index contributed by atoms with van der Waals surface area (Å²) in [5.74, 6) is 0.645. The largest absolute Gasteiger partial charge is 0.497 e. The predicted octanol–water partition coefficient (Wildman–Crippen LogP) is 2.22. The number of nitrogens with zero attached hydrogens (tertiary/aromatic N) is 1. The molecule has 0 saturated carbocycles. The molecule has 0 saturated heterocycles. The molecule has 65 valence electrons. The van der Waals surface area contributed by atoms with Crippen LogP contribution in [0.25, 0.3) is 0 Å². The number of aryl methyl sites for hydroxylation is 1. The van der Waals surface area contributed by atoms with Crippen LogP contribution in [0.15, 0.2) is 12.3 Å². The van der Waals surface area contributed by atoms with Crippen LogP contribution in [-0.4, -0.2) is 12.1 Å². The smallest absolute Gasteiger partial charge is 0.126 e. The van der Waals surface area contributed by atoms with E-state index in [1.807, 2.05) is 26.8 Å².